The zero-order valence-electron chi connectivity index (χ0n) is 36.8. The van der Waals surface area contributed by atoms with E-state index in [1.165, 1.54) is 17.7 Å². The van der Waals surface area contributed by atoms with Crippen molar-refractivity contribution in [1.29, 1.82) is 0 Å². The molecule has 0 bridgehead atoms. The number of hydrogen-bond acceptors (Lipinski definition) is 11. The number of aromatic nitrogens is 1. The molecule has 0 unspecified atom stereocenters. The van der Waals surface area contributed by atoms with Crippen molar-refractivity contribution in [2.45, 2.75) is 62.6 Å². The second-order valence-electron chi connectivity index (χ2n) is 17.3. The van der Waals surface area contributed by atoms with Gasteiger partial charge in [-0.15, -0.1) is 0 Å². The van der Waals surface area contributed by atoms with Crippen molar-refractivity contribution in [2.24, 2.45) is 5.92 Å². The third-order valence-electron chi connectivity index (χ3n) is 12.6. The minimum Gasteiger partial charge on any atom is -0.506 e. The number of ether oxygens (including phenoxy) is 2. The summed E-state index contributed by atoms with van der Waals surface area (Å²) < 4.78 is 11.7. The quantitative estimate of drug-likeness (QED) is 0.0510. The number of H-pyrrole nitrogens is 1. The second kappa shape index (κ2) is 21.4. The van der Waals surface area contributed by atoms with E-state index in [-0.39, 0.29) is 82.7 Å². The van der Waals surface area contributed by atoms with E-state index in [0.717, 1.165) is 38.0 Å². The Labute approximate surface area is 392 Å². The third kappa shape index (κ3) is 11.5. The van der Waals surface area contributed by atoms with Crippen LogP contribution < -0.4 is 26.2 Å². The average Bonchev–Trinajstić information content (AvgIpc) is 3.33. The number of phenolic OH excluding ortho intramolecular Hbond substituents is 1. The van der Waals surface area contributed by atoms with Gasteiger partial charge in [0, 0.05) is 48.7 Å². The van der Waals surface area contributed by atoms with Gasteiger partial charge in [0.25, 0.3) is 11.8 Å². The molecule has 1 saturated heterocycles. The standard InChI is InChI=1S/C52H54ClN5O9/c53-44-24-35(28-54-29-46(60)41-16-18-45(59)49-42(41)17-19-47(61)57-49)14-15-43(44)50(63)56-39-26-38(27-39)55-48(62)32-66-40-13-7-12-37(25-40)52(65,36-10-5-2-6-11-36)51(64)67-31-34-20-22-58(23-21-34)30-33-8-3-1-4-9-33/h1-19,24-25,34,38-39,46,54,59-60,65H,20-23,26-32H2,(H,55,62)(H,56,63)(H,57,61)/t38-,39-,46-,52-/m0/s1. The maximum Gasteiger partial charge on any atom is 0.347 e. The SMILES string of the molecule is O=C(COc1cccc([C@](O)(C(=O)OCC2CCN(Cc3ccccc3)CC2)c2ccccc2)c1)N[C@H]1C[C@H](NC(=O)c2ccc(CNC[C@H](O)c3ccc(O)c4[nH]c(=O)ccc34)cc2Cl)C1. The van der Waals surface area contributed by atoms with Gasteiger partial charge in [-0.3, -0.25) is 19.3 Å². The largest absolute Gasteiger partial charge is 0.506 e. The minimum atomic E-state index is -2.12. The first-order valence-electron chi connectivity index (χ1n) is 22.5. The molecular formula is C52H54ClN5O9. The average molecular weight is 928 g/mol. The lowest BCUT2D eigenvalue weighted by Gasteiger charge is -2.36. The van der Waals surface area contributed by atoms with Crippen LogP contribution in [0.2, 0.25) is 5.02 Å². The Balaban J connectivity index is 0.774. The highest BCUT2D eigenvalue weighted by atomic mass is 35.5. The summed E-state index contributed by atoms with van der Waals surface area (Å²) in [7, 11) is 0. The highest BCUT2D eigenvalue weighted by Gasteiger charge is 2.42. The Morgan fingerprint density at radius 2 is 1.54 bits per heavy atom. The molecule has 2 fully saturated rings. The number of aliphatic hydroxyl groups is 2. The lowest BCUT2D eigenvalue weighted by Crippen LogP contribution is -2.54. The highest BCUT2D eigenvalue weighted by Crippen LogP contribution is 2.34. The van der Waals surface area contributed by atoms with Crippen molar-refractivity contribution in [3.63, 3.8) is 0 Å². The summed E-state index contributed by atoms with van der Waals surface area (Å²) >= 11 is 6.53. The number of aromatic amines is 1. The fourth-order valence-corrected chi connectivity index (χ4v) is 9.03. The first-order chi connectivity index (χ1) is 32.4. The number of carbonyl (C=O) groups excluding carboxylic acids is 3. The Hall–Kier alpha value is -6.55. The lowest BCUT2D eigenvalue weighted by atomic mass is 9.86. The number of amides is 2. The molecule has 7 N–H and O–H groups in total. The Morgan fingerprint density at radius 3 is 2.28 bits per heavy atom. The molecule has 0 radical (unpaired) electrons. The van der Waals surface area contributed by atoms with Crippen LogP contribution in [0.1, 0.15) is 70.0 Å². The van der Waals surface area contributed by atoms with E-state index in [1.807, 2.05) is 18.2 Å². The third-order valence-corrected chi connectivity index (χ3v) is 12.9. The van der Waals surface area contributed by atoms with Gasteiger partial charge in [0.2, 0.25) is 11.2 Å². The van der Waals surface area contributed by atoms with Crippen LogP contribution in [0.5, 0.6) is 11.5 Å². The number of halogens is 1. The number of rotatable bonds is 18. The van der Waals surface area contributed by atoms with Crippen LogP contribution in [0.3, 0.4) is 0 Å². The smallest absolute Gasteiger partial charge is 0.347 e. The van der Waals surface area contributed by atoms with E-state index in [4.69, 9.17) is 21.1 Å². The molecule has 1 aromatic heterocycles. The summed E-state index contributed by atoms with van der Waals surface area (Å²) in [5, 5.41) is 43.0. The summed E-state index contributed by atoms with van der Waals surface area (Å²) in [5.74, 6) is -1.11. The van der Waals surface area contributed by atoms with Gasteiger partial charge in [-0.2, -0.15) is 0 Å². The number of hydrogen-bond donors (Lipinski definition) is 7. The van der Waals surface area contributed by atoms with Gasteiger partial charge in [0.1, 0.15) is 11.5 Å². The van der Waals surface area contributed by atoms with Crippen LogP contribution >= 0.6 is 11.6 Å². The summed E-state index contributed by atoms with van der Waals surface area (Å²) in [4.78, 5) is 56.7. The molecule has 0 spiro atoms. The molecule has 8 rings (SSSR count). The second-order valence-corrected chi connectivity index (χ2v) is 17.8. The van der Waals surface area contributed by atoms with Gasteiger partial charge in [0.15, 0.2) is 6.61 Å². The number of benzene rings is 5. The molecule has 2 atom stereocenters. The number of fused-ring (bicyclic) bond motifs is 1. The number of piperidine rings is 1. The molecule has 1 aliphatic heterocycles. The van der Waals surface area contributed by atoms with Gasteiger partial charge in [-0.25, -0.2) is 4.79 Å². The monoisotopic (exact) mass is 927 g/mol. The number of aliphatic hydroxyl groups excluding tert-OH is 1. The molecule has 14 nitrogen and oxygen atoms in total. The van der Waals surface area contributed by atoms with Gasteiger partial charge in [-0.05, 0) is 103 Å². The number of likely N-dealkylation sites (tertiary alicyclic amines) is 1. The number of nitrogens with zero attached hydrogens (tertiary/aromatic N) is 1. The zero-order chi connectivity index (χ0) is 46.9. The van der Waals surface area contributed by atoms with E-state index in [2.05, 4.69) is 38.0 Å². The Bertz CT molecular complexity index is 2740. The number of phenols is 1. The van der Waals surface area contributed by atoms with E-state index in [1.54, 1.807) is 84.9 Å². The minimum absolute atomic E-state index is 0.0878. The fraction of sp³-hybridized carbons (Fsp3) is 0.308. The predicted molar refractivity (Wildman–Crippen MR) is 254 cm³/mol. The first kappa shape index (κ1) is 47.0. The number of nitrogens with one attached hydrogen (secondary N) is 4. The van der Waals surface area contributed by atoms with Crippen LogP contribution in [0.15, 0.2) is 132 Å². The molecule has 67 heavy (non-hydrogen) atoms. The summed E-state index contributed by atoms with van der Waals surface area (Å²) in [6.45, 7) is 3.07. The van der Waals surface area contributed by atoms with Crippen molar-refractivity contribution in [1.82, 2.24) is 25.8 Å². The van der Waals surface area contributed by atoms with Gasteiger partial charge in [0.05, 0.1) is 28.8 Å². The van der Waals surface area contributed by atoms with Crippen molar-refractivity contribution < 1.29 is 39.2 Å². The maximum atomic E-state index is 13.8. The molecule has 1 saturated carbocycles. The molecular weight excluding hydrogens is 874 g/mol. The summed E-state index contributed by atoms with van der Waals surface area (Å²) in [6, 6.07) is 36.1. The Morgan fingerprint density at radius 1 is 0.821 bits per heavy atom. The lowest BCUT2D eigenvalue weighted by molar-refractivity contribution is -0.164. The van der Waals surface area contributed by atoms with E-state index >= 15 is 0 Å². The van der Waals surface area contributed by atoms with Gasteiger partial charge >= 0.3 is 5.97 Å². The van der Waals surface area contributed by atoms with Crippen LogP contribution in [0.25, 0.3) is 10.9 Å². The molecule has 1 aliphatic carbocycles. The van der Waals surface area contributed by atoms with E-state index in [9.17, 15) is 34.5 Å². The van der Waals surface area contributed by atoms with Crippen LogP contribution in [-0.4, -0.2) is 87.9 Å². The molecule has 348 valence electrons. The van der Waals surface area contributed by atoms with Gasteiger partial charge < -0.3 is 45.7 Å². The number of pyridine rings is 1. The molecule has 2 heterocycles. The normalized spacial score (nSPS) is 17.7. The molecule has 2 aliphatic rings. The van der Waals surface area contributed by atoms with Crippen molar-refractivity contribution >= 4 is 40.3 Å². The topological polar surface area (TPSA) is 203 Å². The molecule has 5 aromatic carbocycles. The van der Waals surface area contributed by atoms with Crippen molar-refractivity contribution in [2.75, 3.05) is 32.8 Å². The number of carbonyl (C=O) groups is 3. The summed E-state index contributed by atoms with van der Waals surface area (Å²) in [5.41, 5.74) is 1.28. The number of aromatic hydroxyl groups is 1. The van der Waals surface area contributed by atoms with Crippen LogP contribution in [0, 0.1) is 5.92 Å². The fourth-order valence-electron chi connectivity index (χ4n) is 8.74. The molecule has 6 aromatic rings. The first-order valence-corrected chi connectivity index (χ1v) is 22.9. The highest BCUT2D eigenvalue weighted by molar-refractivity contribution is 6.33. The summed E-state index contributed by atoms with van der Waals surface area (Å²) in [6.07, 6.45) is 1.85. The number of esters is 1. The van der Waals surface area contributed by atoms with Crippen LogP contribution in [0.4, 0.5) is 0 Å². The van der Waals surface area contributed by atoms with Gasteiger partial charge in [-0.1, -0.05) is 96.5 Å². The van der Waals surface area contributed by atoms with E-state index < -0.39 is 17.7 Å². The maximum absolute atomic E-state index is 13.8. The molecule has 15 heteroatoms. The Kier molecular flexibility index (Phi) is 15.0. The van der Waals surface area contributed by atoms with Crippen molar-refractivity contribution in [3.8, 4) is 11.5 Å². The van der Waals surface area contributed by atoms with Crippen LogP contribution in [-0.2, 0) is 33.0 Å². The zero-order valence-corrected chi connectivity index (χ0v) is 37.6. The predicted octanol–water partition coefficient (Wildman–Crippen LogP) is 5.86. The van der Waals surface area contributed by atoms with Crippen molar-refractivity contribution in [3.05, 3.63) is 176 Å². The van der Waals surface area contributed by atoms with E-state index in [0.29, 0.717) is 41.5 Å². The molecule has 2 amide bonds.